The molecule has 2 aromatic rings. The van der Waals surface area contributed by atoms with E-state index in [-0.39, 0.29) is 5.25 Å². The quantitative estimate of drug-likeness (QED) is 0.842. The Balaban J connectivity index is 1.89. The third-order valence-electron chi connectivity index (χ3n) is 3.35. The lowest BCUT2D eigenvalue weighted by molar-refractivity contribution is -0.119. The summed E-state index contributed by atoms with van der Waals surface area (Å²) in [7, 11) is 0. The molecule has 1 fully saturated rings. The van der Waals surface area contributed by atoms with Crippen LogP contribution < -0.4 is 0 Å². The molecule has 1 atom stereocenters. The van der Waals surface area contributed by atoms with Crippen LogP contribution in [0.2, 0.25) is 0 Å². The highest BCUT2D eigenvalue weighted by Gasteiger charge is 2.25. The second-order valence-corrected chi connectivity index (χ2v) is 6.13. The van der Waals surface area contributed by atoms with E-state index < -0.39 is 0 Å². The summed E-state index contributed by atoms with van der Waals surface area (Å²) >= 11 is 1.48. The number of hydrogen-bond donors (Lipinski definition) is 0. The van der Waals surface area contributed by atoms with E-state index in [4.69, 9.17) is 0 Å². The number of thioether (sulfide) groups is 1. The van der Waals surface area contributed by atoms with Crippen molar-refractivity contribution < 1.29 is 4.79 Å². The van der Waals surface area contributed by atoms with Crippen molar-refractivity contribution in [2.75, 3.05) is 0 Å². The Kier molecular flexibility index (Phi) is 3.26. The number of aromatic nitrogens is 4. The van der Waals surface area contributed by atoms with Gasteiger partial charge in [-0.2, -0.15) is 4.98 Å². The average Bonchev–Trinajstić information content (AvgIpc) is 2.75. The average molecular weight is 276 g/mol. The minimum atomic E-state index is 0.0209. The van der Waals surface area contributed by atoms with Crippen LogP contribution in [0.5, 0.6) is 0 Å². The molecule has 100 valence electrons. The number of aryl methyl sites for hydroxylation is 2. The summed E-state index contributed by atoms with van der Waals surface area (Å²) in [5.74, 6) is 0.944. The maximum atomic E-state index is 11.8. The van der Waals surface area contributed by atoms with Gasteiger partial charge < -0.3 is 0 Å². The third kappa shape index (κ3) is 2.49. The van der Waals surface area contributed by atoms with Crippen LogP contribution in [0.1, 0.15) is 37.1 Å². The highest BCUT2D eigenvalue weighted by atomic mass is 32.2. The largest absolute Gasteiger partial charge is 0.298 e. The predicted octanol–water partition coefficient (Wildman–Crippen LogP) is 2.34. The Morgan fingerprint density at radius 2 is 2.16 bits per heavy atom. The van der Waals surface area contributed by atoms with Gasteiger partial charge in [-0.15, -0.1) is 5.10 Å². The number of Topliss-reactive ketones (excluding diaryl/α,β-unsaturated/α-hetero) is 1. The summed E-state index contributed by atoms with van der Waals surface area (Å²) in [6.45, 7) is 3.93. The first-order chi connectivity index (χ1) is 9.13. The molecule has 1 saturated carbocycles. The molecule has 19 heavy (non-hydrogen) atoms. The van der Waals surface area contributed by atoms with Gasteiger partial charge in [0.05, 0.1) is 5.25 Å². The zero-order chi connectivity index (χ0) is 13.4. The summed E-state index contributed by atoms with van der Waals surface area (Å²) < 4.78 is 1.74. The molecular formula is C13H16N4OS. The van der Waals surface area contributed by atoms with E-state index in [0.29, 0.717) is 23.1 Å². The topological polar surface area (TPSA) is 60.2 Å². The molecule has 2 aromatic heterocycles. The van der Waals surface area contributed by atoms with Crippen molar-refractivity contribution in [1.29, 1.82) is 0 Å². The molecule has 0 radical (unpaired) electrons. The van der Waals surface area contributed by atoms with Crippen molar-refractivity contribution in [3.05, 3.63) is 17.5 Å². The van der Waals surface area contributed by atoms with Crippen molar-refractivity contribution in [3.63, 3.8) is 0 Å². The number of carbonyl (C=O) groups is 1. The number of nitrogens with zero attached hydrogens (tertiary/aromatic N) is 4. The standard InChI is InChI=1S/C13H16N4OS/c1-8-7-9(2)17-12(14-8)15-13(16-17)19-11-6-4-3-5-10(11)18/h7,11H,3-6H2,1-2H3. The maximum Gasteiger partial charge on any atom is 0.253 e. The summed E-state index contributed by atoms with van der Waals surface area (Å²) in [5, 5.41) is 5.11. The minimum Gasteiger partial charge on any atom is -0.298 e. The maximum absolute atomic E-state index is 11.8. The van der Waals surface area contributed by atoms with Crippen LogP contribution >= 0.6 is 11.8 Å². The van der Waals surface area contributed by atoms with Gasteiger partial charge in [-0.05, 0) is 32.8 Å². The molecule has 3 rings (SSSR count). The molecule has 1 aliphatic carbocycles. The predicted molar refractivity (Wildman–Crippen MR) is 73.4 cm³/mol. The Morgan fingerprint density at radius 3 is 2.95 bits per heavy atom. The molecule has 0 spiro atoms. The molecular weight excluding hydrogens is 260 g/mol. The van der Waals surface area contributed by atoms with E-state index in [1.54, 1.807) is 4.52 Å². The minimum absolute atomic E-state index is 0.0209. The van der Waals surface area contributed by atoms with E-state index in [1.807, 2.05) is 19.9 Å². The molecule has 5 nitrogen and oxygen atoms in total. The molecule has 1 unspecified atom stereocenters. The molecule has 2 heterocycles. The van der Waals surface area contributed by atoms with Crippen LogP contribution in [0.3, 0.4) is 0 Å². The first kappa shape index (κ1) is 12.6. The molecule has 0 aromatic carbocycles. The van der Waals surface area contributed by atoms with Gasteiger partial charge in [0.1, 0.15) is 5.78 Å². The molecule has 1 aliphatic rings. The van der Waals surface area contributed by atoms with Crippen molar-refractivity contribution in [3.8, 4) is 0 Å². The van der Waals surface area contributed by atoms with E-state index in [9.17, 15) is 4.79 Å². The Morgan fingerprint density at radius 1 is 1.32 bits per heavy atom. The Hall–Kier alpha value is -1.43. The molecule has 0 N–H and O–H groups in total. The number of ketones is 1. The monoisotopic (exact) mass is 276 g/mol. The van der Waals surface area contributed by atoms with E-state index in [1.165, 1.54) is 11.8 Å². The van der Waals surface area contributed by atoms with E-state index in [0.717, 1.165) is 30.7 Å². The molecule has 0 aliphatic heterocycles. The smallest absolute Gasteiger partial charge is 0.253 e. The number of rotatable bonds is 2. The highest BCUT2D eigenvalue weighted by Crippen LogP contribution is 2.29. The lowest BCUT2D eigenvalue weighted by Crippen LogP contribution is -2.21. The Bertz CT molecular complexity index is 637. The summed E-state index contributed by atoms with van der Waals surface area (Å²) in [6.07, 6.45) is 3.77. The van der Waals surface area contributed by atoms with Gasteiger partial charge in [0, 0.05) is 17.8 Å². The van der Waals surface area contributed by atoms with Crippen LogP contribution in [0.25, 0.3) is 5.78 Å². The fourth-order valence-corrected chi connectivity index (χ4v) is 3.45. The van der Waals surface area contributed by atoms with Crippen molar-refractivity contribution >= 4 is 23.3 Å². The third-order valence-corrected chi connectivity index (χ3v) is 4.51. The van der Waals surface area contributed by atoms with Crippen LogP contribution in [0.4, 0.5) is 0 Å². The number of hydrogen-bond acceptors (Lipinski definition) is 5. The Labute approximate surface area is 115 Å². The first-order valence-corrected chi connectivity index (χ1v) is 7.42. The second kappa shape index (κ2) is 4.92. The SMILES string of the molecule is Cc1cc(C)n2nc(SC3CCCCC3=O)nc2n1. The van der Waals surface area contributed by atoms with Gasteiger partial charge in [0.2, 0.25) is 5.16 Å². The number of fused-ring (bicyclic) bond motifs is 1. The van der Waals surface area contributed by atoms with Gasteiger partial charge in [-0.3, -0.25) is 4.79 Å². The van der Waals surface area contributed by atoms with E-state index >= 15 is 0 Å². The summed E-state index contributed by atoms with van der Waals surface area (Å²) in [6, 6.07) is 1.97. The fraction of sp³-hybridized carbons (Fsp3) is 0.538. The normalized spacial score (nSPS) is 20.1. The lowest BCUT2D eigenvalue weighted by Gasteiger charge is -2.17. The second-order valence-electron chi connectivity index (χ2n) is 4.96. The van der Waals surface area contributed by atoms with Crippen LogP contribution in [-0.4, -0.2) is 30.6 Å². The first-order valence-electron chi connectivity index (χ1n) is 6.54. The van der Waals surface area contributed by atoms with Gasteiger partial charge >= 0.3 is 0 Å². The van der Waals surface area contributed by atoms with Crippen molar-refractivity contribution in [1.82, 2.24) is 19.6 Å². The van der Waals surface area contributed by atoms with Gasteiger partial charge in [0.15, 0.2) is 0 Å². The van der Waals surface area contributed by atoms with Crippen molar-refractivity contribution in [2.24, 2.45) is 0 Å². The summed E-state index contributed by atoms with van der Waals surface area (Å²) in [5.41, 5.74) is 1.94. The van der Waals surface area contributed by atoms with E-state index in [2.05, 4.69) is 15.1 Å². The molecule has 0 amide bonds. The molecule has 0 saturated heterocycles. The molecule has 0 bridgehead atoms. The summed E-state index contributed by atoms with van der Waals surface area (Å²) in [4.78, 5) is 20.6. The van der Waals surface area contributed by atoms with Gasteiger partial charge in [0.25, 0.3) is 5.78 Å². The number of carbonyl (C=O) groups excluding carboxylic acids is 1. The van der Waals surface area contributed by atoms with Crippen LogP contribution in [0.15, 0.2) is 11.2 Å². The fourth-order valence-electron chi connectivity index (χ4n) is 2.40. The van der Waals surface area contributed by atoms with Crippen LogP contribution in [0, 0.1) is 13.8 Å². The highest BCUT2D eigenvalue weighted by molar-refractivity contribution is 8.00. The zero-order valence-corrected chi connectivity index (χ0v) is 11.9. The molecule has 6 heteroatoms. The van der Waals surface area contributed by atoms with Gasteiger partial charge in [-0.25, -0.2) is 9.50 Å². The van der Waals surface area contributed by atoms with Gasteiger partial charge in [-0.1, -0.05) is 18.2 Å². The lowest BCUT2D eigenvalue weighted by atomic mass is 9.99. The zero-order valence-electron chi connectivity index (χ0n) is 11.1. The van der Waals surface area contributed by atoms with Crippen molar-refractivity contribution in [2.45, 2.75) is 49.9 Å². The van der Waals surface area contributed by atoms with Crippen LogP contribution in [-0.2, 0) is 4.79 Å².